The minimum absolute atomic E-state index is 0.167. The van der Waals surface area contributed by atoms with Crippen molar-refractivity contribution in [2.45, 2.75) is 38.3 Å². The van der Waals surface area contributed by atoms with Crippen LogP contribution < -0.4 is 10.0 Å². The maximum Gasteiger partial charge on any atom is 0.242 e. The van der Waals surface area contributed by atoms with Gasteiger partial charge in [-0.1, -0.05) is 41.4 Å². The average Bonchev–Trinajstić information content (AvgIpc) is 2.60. The van der Waals surface area contributed by atoms with Gasteiger partial charge in [0.1, 0.15) is 4.90 Å². The molecule has 0 radical (unpaired) electrons. The Morgan fingerprint density at radius 3 is 2.50 bits per heavy atom. The van der Waals surface area contributed by atoms with E-state index in [0.29, 0.717) is 22.1 Å². The number of nitrogens with zero attached hydrogens (tertiary/aromatic N) is 1. The zero-order valence-electron chi connectivity index (χ0n) is 15.8. The van der Waals surface area contributed by atoms with Crippen LogP contribution in [0.25, 0.3) is 10.9 Å². The van der Waals surface area contributed by atoms with E-state index in [-0.39, 0.29) is 10.9 Å². The summed E-state index contributed by atoms with van der Waals surface area (Å²) in [4.78, 5) is 4.66. The number of fused-ring (bicyclic) bond motifs is 1. The van der Waals surface area contributed by atoms with Gasteiger partial charge in [-0.05, 0) is 50.6 Å². The van der Waals surface area contributed by atoms with E-state index in [1.165, 1.54) is 0 Å². The Kier molecular flexibility index (Phi) is 6.15. The van der Waals surface area contributed by atoms with Gasteiger partial charge < -0.3 is 5.32 Å². The van der Waals surface area contributed by atoms with Gasteiger partial charge in [-0.3, -0.25) is 4.98 Å². The van der Waals surface area contributed by atoms with Crippen molar-refractivity contribution in [1.29, 1.82) is 0 Å². The summed E-state index contributed by atoms with van der Waals surface area (Å²) in [6, 6.07) is 12.3. The number of aryl methyl sites for hydroxylation is 1. The van der Waals surface area contributed by atoms with Crippen molar-refractivity contribution in [3.8, 4) is 0 Å². The molecule has 5 nitrogen and oxygen atoms in total. The summed E-state index contributed by atoms with van der Waals surface area (Å²) in [6.07, 6.45) is 0. The van der Waals surface area contributed by atoms with Crippen molar-refractivity contribution >= 4 is 49.8 Å². The van der Waals surface area contributed by atoms with E-state index in [1.807, 2.05) is 25.1 Å². The summed E-state index contributed by atoms with van der Waals surface area (Å²) < 4.78 is 28.1. The molecule has 0 saturated heterocycles. The van der Waals surface area contributed by atoms with Gasteiger partial charge in [0.2, 0.25) is 10.0 Å². The first-order valence-electron chi connectivity index (χ1n) is 8.78. The Balaban J connectivity index is 2.02. The molecule has 0 saturated carbocycles. The molecule has 0 spiro atoms. The third kappa shape index (κ3) is 4.58. The zero-order valence-corrected chi connectivity index (χ0v) is 18.1. The van der Waals surface area contributed by atoms with Crippen LogP contribution in [0.5, 0.6) is 0 Å². The molecular weight excluding hydrogens is 417 g/mol. The second-order valence-electron chi connectivity index (χ2n) is 6.84. The highest BCUT2D eigenvalue weighted by atomic mass is 35.5. The van der Waals surface area contributed by atoms with E-state index in [1.54, 1.807) is 38.1 Å². The minimum Gasteiger partial charge on any atom is -0.380 e. The average molecular weight is 438 g/mol. The van der Waals surface area contributed by atoms with Crippen molar-refractivity contribution in [3.63, 3.8) is 0 Å². The molecule has 0 aliphatic rings. The molecule has 0 aliphatic carbocycles. The number of pyridine rings is 1. The zero-order chi connectivity index (χ0) is 20.5. The van der Waals surface area contributed by atoms with E-state index >= 15 is 0 Å². The van der Waals surface area contributed by atoms with Crippen molar-refractivity contribution in [1.82, 2.24) is 9.71 Å². The number of benzene rings is 2. The predicted octanol–water partition coefficient (Wildman–Crippen LogP) is 5.15. The molecule has 0 atom stereocenters. The summed E-state index contributed by atoms with van der Waals surface area (Å²) in [7, 11) is -3.67. The molecule has 148 valence electrons. The molecule has 0 amide bonds. The van der Waals surface area contributed by atoms with Gasteiger partial charge in [0.15, 0.2) is 0 Å². The third-order valence-electron chi connectivity index (χ3n) is 4.08. The number of anilines is 1. The molecule has 28 heavy (non-hydrogen) atoms. The second kappa shape index (κ2) is 8.25. The summed E-state index contributed by atoms with van der Waals surface area (Å²) in [6.45, 7) is 5.91. The predicted molar refractivity (Wildman–Crippen MR) is 116 cm³/mol. The number of halogens is 2. The molecule has 0 fully saturated rings. The van der Waals surface area contributed by atoms with Crippen molar-refractivity contribution in [2.24, 2.45) is 0 Å². The number of aromatic nitrogens is 1. The van der Waals surface area contributed by atoms with Crippen LogP contribution >= 0.6 is 23.2 Å². The third-order valence-corrected chi connectivity index (χ3v) is 6.51. The van der Waals surface area contributed by atoms with Crippen LogP contribution in [0, 0.1) is 6.92 Å². The van der Waals surface area contributed by atoms with Crippen LogP contribution in [0.2, 0.25) is 10.0 Å². The molecule has 0 unspecified atom stereocenters. The molecule has 3 aromatic rings. The Hall–Kier alpha value is -1.86. The molecule has 8 heteroatoms. The minimum atomic E-state index is -3.67. The number of rotatable bonds is 6. The Labute approximate surface area is 175 Å². The van der Waals surface area contributed by atoms with Gasteiger partial charge in [0.25, 0.3) is 0 Å². The highest BCUT2D eigenvalue weighted by Gasteiger charge is 2.20. The number of hydrogen-bond donors (Lipinski definition) is 2. The highest BCUT2D eigenvalue weighted by molar-refractivity contribution is 7.89. The van der Waals surface area contributed by atoms with E-state index < -0.39 is 10.0 Å². The topological polar surface area (TPSA) is 71.1 Å². The standard InChI is InChI=1S/C20H21Cl2N3O2S/c1-12(2)25-28(26,27)19-6-4-5-15-18(9-13(3)24-20(15)19)23-11-14-7-8-16(21)17(22)10-14/h4-10,12,25H,11H2,1-3H3,(H,23,24). The first-order chi connectivity index (χ1) is 13.2. The van der Waals surface area contributed by atoms with Crippen LogP contribution in [0.15, 0.2) is 47.4 Å². The molecule has 1 aromatic heterocycles. The van der Waals surface area contributed by atoms with E-state index in [4.69, 9.17) is 23.2 Å². The van der Waals surface area contributed by atoms with Crippen molar-refractivity contribution < 1.29 is 8.42 Å². The van der Waals surface area contributed by atoms with Gasteiger partial charge in [-0.15, -0.1) is 0 Å². The smallest absolute Gasteiger partial charge is 0.242 e. The lowest BCUT2D eigenvalue weighted by Gasteiger charge is -2.15. The van der Waals surface area contributed by atoms with Gasteiger partial charge in [-0.25, -0.2) is 13.1 Å². The maximum atomic E-state index is 12.7. The maximum absolute atomic E-state index is 12.7. The first kappa shape index (κ1) is 20.9. The molecule has 2 aromatic carbocycles. The Morgan fingerprint density at radius 1 is 1.07 bits per heavy atom. The van der Waals surface area contributed by atoms with Crippen LogP contribution in [-0.2, 0) is 16.6 Å². The molecular formula is C20H21Cl2N3O2S. The van der Waals surface area contributed by atoms with Gasteiger partial charge in [0.05, 0.1) is 15.6 Å². The molecule has 1 heterocycles. The van der Waals surface area contributed by atoms with Gasteiger partial charge >= 0.3 is 0 Å². The van der Waals surface area contributed by atoms with Crippen molar-refractivity contribution in [3.05, 3.63) is 63.8 Å². The Bertz CT molecular complexity index is 1130. The Morgan fingerprint density at radius 2 is 1.82 bits per heavy atom. The SMILES string of the molecule is Cc1cc(NCc2ccc(Cl)c(Cl)c2)c2cccc(S(=O)(=O)NC(C)C)c2n1. The molecule has 3 rings (SSSR count). The number of nitrogens with one attached hydrogen (secondary N) is 2. The first-order valence-corrected chi connectivity index (χ1v) is 11.0. The normalized spacial score (nSPS) is 11.9. The lowest BCUT2D eigenvalue weighted by atomic mass is 10.1. The van der Waals surface area contributed by atoms with E-state index in [9.17, 15) is 8.42 Å². The van der Waals surface area contributed by atoms with Gasteiger partial charge in [-0.2, -0.15) is 0 Å². The van der Waals surface area contributed by atoms with Crippen LogP contribution in [-0.4, -0.2) is 19.4 Å². The van der Waals surface area contributed by atoms with Crippen LogP contribution in [0.1, 0.15) is 25.1 Å². The van der Waals surface area contributed by atoms with Gasteiger partial charge in [0, 0.05) is 29.4 Å². The van der Waals surface area contributed by atoms with E-state index in [2.05, 4.69) is 15.0 Å². The van der Waals surface area contributed by atoms with E-state index in [0.717, 1.165) is 22.3 Å². The summed E-state index contributed by atoms with van der Waals surface area (Å²) in [5, 5.41) is 5.08. The number of hydrogen-bond acceptors (Lipinski definition) is 4. The van der Waals surface area contributed by atoms with Crippen LogP contribution in [0.4, 0.5) is 5.69 Å². The lowest BCUT2D eigenvalue weighted by molar-refractivity contribution is 0.570. The summed E-state index contributed by atoms with van der Waals surface area (Å²) in [5.41, 5.74) is 2.92. The molecule has 2 N–H and O–H groups in total. The van der Waals surface area contributed by atoms with Crippen molar-refractivity contribution in [2.75, 3.05) is 5.32 Å². The lowest BCUT2D eigenvalue weighted by Crippen LogP contribution is -2.30. The van der Waals surface area contributed by atoms with Crippen LogP contribution in [0.3, 0.4) is 0 Å². The fourth-order valence-corrected chi connectivity index (χ4v) is 4.67. The molecule has 0 aliphatic heterocycles. The largest absolute Gasteiger partial charge is 0.380 e. The fraction of sp³-hybridized carbons (Fsp3) is 0.250. The molecule has 0 bridgehead atoms. The quantitative estimate of drug-likeness (QED) is 0.559. The summed E-state index contributed by atoms with van der Waals surface area (Å²) in [5.74, 6) is 0. The summed E-state index contributed by atoms with van der Waals surface area (Å²) >= 11 is 12.1. The second-order valence-corrected chi connectivity index (χ2v) is 9.34. The fourth-order valence-electron chi connectivity index (χ4n) is 2.93. The number of para-hydroxylation sites is 1. The monoisotopic (exact) mass is 437 g/mol. The number of sulfonamides is 1. The highest BCUT2D eigenvalue weighted by Crippen LogP contribution is 2.29.